The molecule has 2 aromatic rings. The molecule has 1 N–H and O–H groups in total. The highest BCUT2D eigenvalue weighted by Gasteiger charge is 2.13. The lowest BCUT2D eigenvalue weighted by atomic mass is 10.4. The van der Waals surface area contributed by atoms with Crippen LogP contribution in [0.3, 0.4) is 0 Å². The van der Waals surface area contributed by atoms with Gasteiger partial charge in [0, 0.05) is 32.5 Å². The molecule has 0 aliphatic carbocycles. The number of rotatable bonds is 7. The van der Waals surface area contributed by atoms with Crippen LogP contribution in [0.1, 0.15) is 26.7 Å². The van der Waals surface area contributed by atoms with Crippen molar-refractivity contribution in [3.8, 4) is 5.95 Å². The highest BCUT2D eigenvalue weighted by molar-refractivity contribution is 5.39. The first-order valence-electron chi connectivity index (χ1n) is 6.97. The van der Waals surface area contributed by atoms with Crippen LogP contribution in [0.4, 0.5) is 11.9 Å². The Kier molecular flexibility index (Phi) is 4.86. The largest absolute Gasteiger partial charge is 0.357 e. The van der Waals surface area contributed by atoms with E-state index < -0.39 is 0 Å². The maximum atomic E-state index is 4.53. The Morgan fingerprint density at radius 1 is 1.15 bits per heavy atom. The van der Waals surface area contributed by atoms with Crippen LogP contribution < -0.4 is 10.2 Å². The summed E-state index contributed by atoms with van der Waals surface area (Å²) >= 11 is 0. The quantitative estimate of drug-likeness (QED) is 0.829. The number of nitrogens with one attached hydrogen (secondary N) is 1. The van der Waals surface area contributed by atoms with Crippen molar-refractivity contribution in [2.24, 2.45) is 0 Å². The molecule has 0 bridgehead atoms. The first-order chi connectivity index (χ1) is 9.78. The molecule has 0 saturated carbocycles. The van der Waals surface area contributed by atoms with Crippen LogP contribution >= 0.6 is 0 Å². The van der Waals surface area contributed by atoms with Crippen molar-refractivity contribution >= 4 is 11.9 Å². The minimum absolute atomic E-state index is 0.529. The van der Waals surface area contributed by atoms with E-state index in [2.05, 4.69) is 44.1 Å². The van der Waals surface area contributed by atoms with Gasteiger partial charge in [-0.2, -0.15) is 20.1 Å². The normalized spacial score (nSPS) is 10.6. The van der Waals surface area contributed by atoms with Crippen LogP contribution in [0.15, 0.2) is 18.5 Å². The van der Waals surface area contributed by atoms with Crippen molar-refractivity contribution in [3.05, 3.63) is 18.5 Å². The van der Waals surface area contributed by atoms with Gasteiger partial charge in [0.15, 0.2) is 0 Å². The Bertz CT molecular complexity index is 518. The zero-order valence-corrected chi connectivity index (χ0v) is 12.2. The summed E-state index contributed by atoms with van der Waals surface area (Å²) in [5.41, 5.74) is 0. The van der Waals surface area contributed by atoms with Gasteiger partial charge in [-0.25, -0.2) is 4.68 Å². The van der Waals surface area contributed by atoms with Crippen molar-refractivity contribution in [1.82, 2.24) is 24.7 Å². The molecule has 20 heavy (non-hydrogen) atoms. The van der Waals surface area contributed by atoms with Gasteiger partial charge in [0.25, 0.3) is 5.95 Å². The van der Waals surface area contributed by atoms with Crippen molar-refractivity contribution in [2.45, 2.75) is 26.7 Å². The fraction of sp³-hybridized carbons (Fsp3) is 0.538. The summed E-state index contributed by atoms with van der Waals surface area (Å²) in [5, 5.41) is 7.15. The summed E-state index contributed by atoms with van der Waals surface area (Å²) in [4.78, 5) is 15.5. The van der Waals surface area contributed by atoms with Crippen molar-refractivity contribution in [1.29, 1.82) is 0 Å². The molecule has 0 saturated heterocycles. The van der Waals surface area contributed by atoms with E-state index in [-0.39, 0.29) is 0 Å². The maximum absolute atomic E-state index is 4.53. The van der Waals surface area contributed by atoms with Crippen molar-refractivity contribution < 1.29 is 0 Å². The number of nitrogens with zero attached hydrogens (tertiary/aromatic N) is 6. The highest BCUT2D eigenvalue weighted by Crippen LogP contribution is 2.13. The number of anilines is 2. The van der Waals surface area contributed by atoms with Gasteiger partial charge < -0.3 is 10.2 Å². The molecule has 0 radical (unpaired) electrons. The Labute approximate surface area is 119 Å². The third-order valence-electron chi connectivity index (χ3n) is 2.81. The minimum Gasteiger partial charge on any atom is -0.357 e. The number of hydrogen-bond donors (Lipinski definition) is 1. The standard InChI is InChI=1S/C13H21N7/c1-4-8-19(9-5-2)12-16-11(14-3)17-13(18-12)20-10-6-7-15-20/h6-7,10H,4-5,8-9H2,1-3H3,(H,14,16,17,18). The molecule has 0 spiro atoms. The van der Waals surface area contributed by atoms with Gasteiger partial charge in [0.2, 0.25) is 11.9 Å². The smallest absolute Gasteiger partial charge is 0.257 e. The second-order valence-electron chi connectivity index (χ2n) is 4.45. The highest BCUT2D eigenvalue weighted by atomic mass is 15.4. The molecule has 2 aromatic heterocycles. The third kappa shape index (κ3) is 3.23. The van der Waals surface area contributed by atoms with Crippen LogP contribution in [-0.4, -0.2) is 44.9 Å². The molecule has 0 amide bonds. The summed E-state index contributed by atoms with van der Waals surface area (Å²) in [6, 6.07) is 1.85. The molecule has 108 valence electrons. The van der Waals surface area contributed by atoms with Crippen LogP contribution in [0.5, 0.6) is 0 Å². The fourth-order valence-corrected chi connectivity index (χ4v) is 1.95. The first-order valence-corrected chi connectivity index (χ1v) is 6.97. The Hall–Kier alpha value is -2.18. The van der Waals surface area contributed by atoms with E-state index in [4.69, 9.17) is 0 Å². The Morgan fingerprint density at radius 3 is 2.45 bits per heavy atom. The lowest BCUT2D eigenvalue weighted by Gasteiger charge is -2.21. The molecule has 0 aliphatic heterocycles. The summed E-state index contributed by atoms with van der Waals surface area (Å²) in [6.07, 6.45) is 5.64. The van der Waals surface area contributed by atoms with E-state index in [9.17, 15) is 0 Å². The Morgan fingerprint density at radius 2 is 1.90 bits per heavy atom. The van der Waals surface area contributed by atoms with E-state index in [0.717, 1.165) is 25.9 Å². The summed E-state index contributed by atoms with van der Waals surface area (Å²) < 4.78 is 1.64. The van der Waals surface area contributed by atoms with Gasteiger partial charge in [-0.1, -0.05) is 13.8 Å². The zero-order valence-electron chi connectivity index (χ0n) is 12.2. The summed E-state index contributed by atoms with van der Waals surface area (Å²) in [5.74, 6) is 1.78. The fourth-order valence-electron chi connectivity index (χ4n) is 1.95. The van der Waals surface area contributed by atoms with E-state index in [1.165, 1.54) is 0 Å². The van der Waals surface area contributed by atoms with Crippen molar-refractivity contribution in [3.63, 3.8) is 0 Å². The van der Waals surface area contributed by atoms with Crippen LogP contribution in [0.25, 0.3) is 5.95 Å². The molecule has 7 heteroatoms. The molecule has 0 fully saturated rings. The second kappa shape index (κ2) is 6.83. The lowest BCUT2D eigenvalue weighted by Crippen LogP contribution is -2.28. The minimum atomic E-state index is 0.529. The average molecular weight is 275 g/mol. The van der Waals surface area contributed by atoms with Gasteiger partial charge in [-0.15, -0.1) is 0 Å². The van der Waals surface area contributed by atoms with Gasteiger partial charge in [0.1, 0.15) is 0 Å². The van der Waals surface area contributed by atoms with E-state index in [1.807, 2.05) is 12.3 Å². The second-order valence-corrected chi connectivity index (χ2v) is 4.45. The number of hydrogen-bond acceptors (Lipinski definition) is 6. The van der Waals surface area contributed by atoms with Crippen molar-refractivity contribution in [2.75, 3.05) is 30.4 Å². The van der Waals surface area contributed by atoms with Crippen LogP contribution in [0.2, 0.25) is 0 Å². The average Bonchev–Trinajstić information content (AvgIpc) is 3.01. The molecule has 0 aromatic carbocycles. The molecule has 2 rings (SSSR count). The number of aromatic nitrogens is 5. The monoisotopic (exact) mass is 275 g/mol. The zero-order chi connectivity index (χ0) is 14.4. The lowest BCUT2D eigenvalue weighted by molar-refractivity contribution is 0.706. The first kappa shape index (κ1) is 14.2. The predicted molar refractivity (Wildman–Crippen MR) is 79.3 cm³/mol. The molecule has 0 atom stereocenters. The molecular formula is C13H21N7. The van der Waals surface area contributed by atoms with E-state index >= 15 is 0 Å². The molecule has 7 nitrogen and oxygen atoms in total. The van der Waals surface area contributed by atoms with Gasteiger partial charge in [-0.3, -0.25) is 0 Å². The third-order valence-corrected chi connectivity index (χ3v) is 2.81. The summed E-state index contributed by atoms with van der Waals surface area (Å²) in [6.45, 7) is 6.16. The topological polar surface area (TPSA) is 71.8 Å². The predicted octanol–water partition coefficient (Wildman–Crippen LogP) is 1.73. The van der Waals surface area contributed by atoms with Crippen LogP contribution in [0, 0.1) is 0 Å². The van der Waals surface area contributed by atoms with Gasteiger partial charge in [0.05, 0.1) is 0 Å². The molecule has 0 aliphatic rings. The van der Waals surface area contributed by atoms with Crippen LogP contribution in [-0.2, 0) is 0 Å². The van der Waals surface area contributed by atoms with E-state index in [0.29, 0.717) is 17.8 Å². The van der Waals surface area contributed by atoms with E-state index in [1.54, 1.807) is 17.9 Å². The SMILES string of the molecule is CCCN(CCC)c1nc(NC)nc(-n2cccn2)n1. The molecule has 0 unspecified atom stereocenters. The Balaban J connectivity index is 2.38. The molecular weight excluding hydrogens is 254 g/mol. The summed E-state index contributed by atoms with van der Waals surface area (Å²) in [7, 11) is 1.80. The van der Waals surface area contributed by atoms with Gasteiger partial charge in [-0.05, 0) is 18.9 Å². The molecule has 2 heterocycles. The maximum Gasteiger partial charge on any atom is 0.257 e. The van der Waals surface area contributed by atoms with Gasteiger partial charge >= 0.3 is 0 Å².